The lowest BCUT2D eigenvalue weighted by atomic mass is 10.0. The van der Waals surface area contributed by atoms with E-state index in [0.717, 1.165) is 23.4 Å². The highest BCUT2D eigenvalue weighted by Gasteiger charge is 2.30. The minimum Gasteiger partial charge on any atom is -0.475 e. The van der Waals surface area contributed by atoms with E-state index in [1.165, 1.54) is 18.3 Å². The Morgan fingerprint density at radius 2 is 1.79 bits per heavy atom. The van der Waals surface area contributed by atoms with E-state index in [2.05, 4.69) is 19.9 Å². The molecule has 7 nitrogen and oxygen atoms in total. The third kappa shape index (κ3) is 4.55. The fraction of sp³-hybridized carbons (Fsp3) is 0.261. The number of nitrogens with zero attached hydrogens (tertiary/aromatic N) is 5. The summed E-state index contributed by atoms with van der Waals surface area (Å²) >= 11 is 0. The summed E-state index contributed by atoms with van der Waals surface area (Å²) in [5.41, 5.74) is 2.86. The number of carboxylic acid groups (broad SMARTS) is 1. The number of aromatic carboxylic acids is 1. The molecule has 33 heavy (non-hydrogen) atoms. The SMILES string of the molecule is Cc1cc(C(C)C)cc(-c2nc3nc(C(=O)O)ncc3n2Cc2ccc(C(F)(F)F)cc2)n1. The number of carbonyl (C=O) groups is 1. The van der Waals surface area contributed by atoms with Crippen LogP contribution in [0, 0.1) is 6.92 Å². The van der Waals surface area contributed by atoms with Crippen LogP contribution in [0.4, 0.5) is 13.2 Å². The first kappa shape index (κ1) is 22.4. The number of halogens is 3. The molecule has 0 aliphatic carbocycles. The Morgan fingerprint density at radius 3 is 2.39 bits per heavy atom. The van der Waals surface area contributed by atoms with Crippen molar-refractivity contribution < 1.29 is 23.1 Å². The minimum atomic E-state index is -4.43. The van der Waals surface area contributed by atoms with E-state index in [9.17, 15) is 23.1 Å². The lowest BCUT2D eigenvalue weighted by molar-refractivity contribution is -0.137. The van der Waals surface area contributed by atoms with Crippen molar-refractivity contribution in [2.45, 2.75) is 39.4 Å². The Bertz CT molecular complexity index is 1340. The van der Waals surface area contributed by atoms with E-state index >= 15 is 0 Å². The first-order valence-corrected chi connectivity index (χ1v) is 10.1. The van der Waals surface area contributed by atoms with Crippen molar-refractivity contribution in [3.05, 3.63) is 70.8 Å². The quantitative estimate of drug-likeness (QED) is 0.451. The normalized spacial score (nSPS) is 12.0. The molecule has 0 spiro atoms. The Morgan fingerprint density at radius 1 is 1.09 bits per heavy atom. The summed E-state index contributed by atoms with van der Waals surface area (Å²) in [6.45, 7) is 6.13. The predicted molar refractivity (Wildman–Crippen MR) is 115 cm³/mol. The maximum Gasteiger partial charge on any atom is 0.416 e. The molecule has 1 N–H and O–H groups in total. The largest absolute Gasteiger partial charge is 0.475 e. The number of rotatable bonds is 5. The maximum atomic E-state index is 12.9. The average Bonchev–Trinajstić information content (AvgIpc) is 3.10. The van der Waals surface area contributed by atoms with Crippen molar-refractivity contribution in [3.63, 3.8) is 0 Å². The molecule has 0 fully saturated rings. The van der Waals surface area contributed by atoms with E-state index < -0.39 is 23.5 Å². The Labute approximate surface area is 187 Å². The average molecular weight is 455 g/mol. The van der Waals surface area contributed by atoms with Gasteiger partial charge in [0.05, 0.1) is 11.8 Å². The molecule has 170 valence electrons. The molecule has 3 aromatic heterocycles. The van der Waals surface area contributed by atoms with Crippen LogP contribution in [0.1, 0.15) is 52.8 Å². The van der Waals surface area contributed by atoms with Crippen molar-refractivity contribution in [1.29, 1.82) is 0 Å². The smallest absolute Gasteiger partial charge is 0.416 e. The third-order valence-corrected chi connectivity index (χ3v) is 5.19. The van der Waals surface area contributed by atoms with Gasteiger partial charge in [0.15, 0.2) is 11.5 Å². The molecule has 0 aliphatic heterocycles. The zero-order chi connectivity index (χ0) is 23.9. The second-order valence-corrected chi connectivity index (χ2v) is 8.01. The van der Waals surface area contributed by atoms with Crippen molar-refractivity contribution >= 4 is 17.1 Å². The van der Waals surface area contributed by atoms with Gasteiger partial charge in [0.2, 0.25) is 5.82 Å². The lowest BCUT2D eigenvalue weighted by Crippen LogP contribution is -2.07. The molecule has 4 aromatic rings. The highest BCUT2D eigenvalue weighted by Crippen LogP contribution is 2.30. The van der Waals surface area contributed by atoms with Crippen LogP contribution in [0.2, 0.25) is 0 Å². The molecular weight excluding hydrogens is 435 g/mol. The monoisotopic (exact) mass is 455 g/mol. The first-order valence-electron chi connectivity index (χ1n) is 10.1. The van der Waals surface area contributed by atoms with Crippen molar-refractivity contribution in [2.75, 3.05) is 0 Å². The highest BCUT2D eigenvalue weighted by atomic mass is 19.4. The van der Waals surface area contributed by atoms with Crippen molar-refractivity contribution in [2.24, 2.45) is 0 Å². The van der Waals surface area contributed by atoms with Crippen LogP contribution in [0.25, 0.3) is 22.7 Å². The number of imidazole rings is 1. The van der Waals surface area contributed by atoms with Gasteiger partial charge < -0.3 is 9.67 Å². The molecular formula is C23H20F3N5O2. The fourth-order valence-electron chi connectivity index (χ4n) is 3.50. The van der Waals surface area contributed by atoms with Gasteiger partial charge in [-0.25, -0.2) is 24.7 Å². The molecule has 0 radical (unpaired) electrons. The van der Waals surface area contributed by atoms with Crippen molar-refractivity contribution in [3.8, 4) is 11.5 Å². The molecule has 0 atom stereocenters. The van der Waals surface area contributed by atoms with E-state index in [1.807, 2.05) is 32.9 Å². The van der Waals surface area contributed by atoms with Crippen LogP contribution in [-0.2, 0) is 12.7 Å². The Kier molecular flexibility index (Phi) is 5.61. The molecule has 0 unspecified atom stereocenters. The van der Waals surface area contributed by atoms with Crippen LogP contribution >= 0.6 is 0 Å². The van der Waals surface area contributed by atoms with Gasteiger partial charge in [0.25, 0.3) is 0 Å². The number of hydrogen-bond acceptors (Lipinski definition) is 5. The number of fused-ring (bicyclic) bond motifs is 1. The summed E-state index contributed by atoms with van der Waals surface area (Å²) in [6, 6.07) is 8.71. The second-order valence-electron chi connectivity index (χ2n) is 8.01. The summed E-state index contributed by atoms with van der Waals surface area (Å²) in [5, 5.41) is 9.23. The number of alkyl halides is 3. The predicted octanol–water partition coefficient (Wildman–Crippen LogP) is 5.09. The number of hydrogen-bond donors (Lipinski definition) is 1. The van der Waals surface area contributed by atoms with Gasteiger partial charge in [0.1, 0.15) is 11.2 Å². The Hall–Kier alpha value is -3.82. The Balaban J connectivity index is 1.87. The van der Waals surface area contributed by atoms with Crippen LogP contribution in [0.3, 0.4) is 0 Å². The van der Waals surface area contributed by atoms with Crippen molar-refractivity contribution in [1.82, 2.24) is 24.5 Å². The fourth-order valence-corrected chi connectivity index (χ4v) is 3.50. The topological polar surface area (TPSA) is 93.8 Å². The maximum absolute atomic E-state index is 12.9. The standard InChI is InChI=1S/C23H20F3N5O2/c1-12(2)15-8-13(3)28-17(9-15)21-30-19-18(10-27-20(29-19)22(32)33)31(21)11-14-4-6-16(7-5-14)23(24,25)26/h4-10,12H,11H2,1-3H3,(H,32,33). The van der Waals surface area contributed by atoms with Crippen LogP contribution < -0.4 is 0 Å². The molecule has 0 saturated heterocycles. The van der Waals surface area contributed by atoms with Gasteiger partial charge in [0, 0.05) is 12.2 Å². The summed E-state index contributed by atoms with van der Waals surface area (Å²) in [6.07, 6.45) is -3.07. The molecule has 0 saturated carbocycles. The van der Waals surface area contributed by atoms with E-state index in [0.29, 0.717) is 22.6 Å². The molecule has 1 aromatic carbocycles. The van der Waals surface area contributed by atoms with E-state index in [-0.39, 0.29) is 18.1 Å². The molecule has 0 aliphatic rings. The van der Waals surface area contributed by atoms with Crippen LogP contribution in [0.5, 0.6) is 0 Å². The number of aryl methyl sites for hydroxylation is 1. The van der Waals surface area contributed by atoms with Gasteiger partial charge in [-0.05, 0) is 48.2 Å². The summed E-state index contributed by atoms with van der Waals surface area (Å²) in [7, 11) is 0. The van der Waals surface area contributed by atoms with E-state index in [4.69, 9.17) is 0 Å². The number of aromatic nitrogens is 5. The first-order chi connectivity index (χ1) is 15.5. The molecule has 10 heteroatoms. The molecule has 4 rings (SSSR count). The van der Waals surface area contributed by atoms with Gasteiger partial charge in [-0.2, -0.15) is 13.2 Å². The summed E-state index contributed by atoms with van der Waals surface area (Å²) in [5.74, 6) is -1.02. The third-order valence-electron chi connectivity index (χ3n) is 5.19. The molecule has 0 bridgehead atoms. The minimum absolute atomic E-state index is 0.165. The highest BCUT2D eigenvalue weighted by molar-refractivity contribution is 5.86. The zero-order valence-electron chi connectivity index (χ0n) is 18.1. The number of pyridine rings is 1. The lowest BCUT2D eigenvalue weighted by Gasteiger charge is -2.13. The summed E-state index contributed by atoms with van der Waals surface area (Å²) in [4.78, 5) is 28.3. The van der Waals surface area contributed by atoms with Crippen LogP contribution in [-0.4, -0.2) is 35.6 Å². The van der Waals surface area contributed by atoms with E-state index in [1.54, 1.807) is 4.57 Å². The zero-order valence-corrected chi connectivity index (χ0v) is 18.1. The number of carboxylic acids is 1. The second kappa shape index (κ2) is 8.27. The van der Waals surface area contributed by atoms with Gasteiger partial charge in [-0.1, -0.05) is 26.0 Å². The van der Waals surface area contributed by atoms with Crippen LogP contribution in [0.15, 0.2) is 42.6 Å². The van der Waals surface area contributed by atoms with Gasteiger partial charge in [-0.3, -0.25) is 0 Å². The summed E-state index contributed by atoms with van der Waals surface area (Å²) < 4.78 is 40.6. The molecule has 3 heterocycles. The molecule has 0 amide bonds. The van der Waals surface area contributed by atoms with Gasteiger partial charge in [-0.15, -0.1) is 0 Å². The van der Waals surface area contributed by atoms with Gasteiger partial charge >= 0.3 is 12.1 Å². The number of benzene rings is 1.